The molecule has 11 heteroatoms. The average molecular weight is 628 g/mol. The number of fused-ring (bicyclic) bond motifs is 1. The van der Waals surface area contributed by atoms with Crippen LogP contribution in [0, 0.1) is 6.92 Å². The summed E-state index contributed by atoms with van der Waals surface area (Å²) in [5, 5.41) is 12.0. The zero-order valence-electron chi connectivity index (χ0n) is 25.5. The molecule has 3 heterocycles. The Kier molecular flexibility index (Phi) is 7.41. The second kappa shape index (κ2) is 11.0. The van der Waals surface area contributed by atoms with Crippen LogP contribution in [-0.4, -0.2) is 47.5 Å². The maximum Gasteiger partial charge on any atom is 0.337 e. The van der Waals surface area contributed by atoms with Crippen molar-refractivity contribution in [2.75, 3.05) is 17.6 Å². The first-order valence-corrected chi connectivity index (χ1v) is 16.3. The van der Waals surface area contributed by atoms with Crippen LogP contribution in [0.2, 0.25) is 0 Å². The second-order valence-corrected chi connectivity index (χ2v) is 13.9. The Labute approximate surface area is 260 Å². The van der Waals surface area contributed by atoms with Gasteiger partial charge in [-0.05, 0) is 92.9 Å². The summed E-state index contributed by atoms with van der Waals surface area (Å²) in [6.45, 7) is 7.75. The van der Waals surface area contributed by atoms with Gasteiger partial charge < -0.3 is 14.6 Å². The molecule has 5 aromatic rings. The molecular weight excluding hydrogens is 594 g/mol. The van der Waals surface area contributed by atoms with Gasteiger partial charge in [0.15, 0.2) is 6.10 Å². The van der Waals surface area contributed by atoms with E-state index in [1.165, 1.54) is 10.6 Å². The van der Waals surface area contributed by atoms with Crippen molar-refractivity contribution in [2.45, 2.75) is 45.8 Å². The van der Waals surface area contributed by atoms with E-state index in [9.17, 15) is 23.1 Å². The topological polar surface area (TPSA) is 137 Å². The molecule has 45 heavy (non-hydrogen) atoms. The van der Waals surface area contributed by atoms with Crippen LogP contribution >= 0.6 is 0 Å². The summed E-state index contributed by atoms with van der Waals surface area (Å²) in [6, 6.07) is 17.1. The Morgan fingerprint density at radius 2 is 1.89 bits per heavy atom. The normalized spacial score (nSPS) is 13.9. The highest BCUT2D eigenvalue weighted by atomic mass is 32.2. The number of carboxylic acids is 1. The average Bonchev–Trinajstić information content (AvgIpc) is 2.95. The molecule has 232 valence electrons. The highest BCUT2D eigenvalue weighted by molar-refractivity contribution is 7.92. The molecule has 0 spiro atoms. The molecule has 0 bridgehead atoms. The fourth-order valence-corrected chi connectivity index (χ4v) is 6.59. The number of hydrogen-bond acceptors (Lipinski definition) is 7. The molecule has 1 aliphatic rings. The lowest BCUT2D eigenvalue weighted by Crippen LogP contribution is -2.28. The second-order valence-electron chi connectivity index (χ2n) is 12.2. The van der Waals surface area contributed by atoms with Crippen molar-refractivity contribution in [3.8, 4) is 22.6 Å². The minimum Gasteiger partial charge on any atom is -0.493 e. The van der Waals surface area contributed by atoms with Crippen molar-refractivity contribution in [3.63, 3.8) is 0 Å². The zero-order chi connectivity index (χ0) is 32.3. The molecule has 0 saturated heterocycles. The molecule has 0 fully saturated rings. The van der Waals surface area contributed by atoms with Gasteiger partial charge in [-0.2, -0.15) is 0 Å². The van der Waals surface area contributed by atoms with Crippen LogP contribution in [0.5, 0.6) is 5.75 Å². The fraction of sp³-hybridized carbons (Fsp3) is 0.265. The number of sulfonamides is 1. The lowest BCUT2D eigenvalue weighted by molar-refractivity contribution is -0.160. The van der Waals surface area contributed by atoms with Gasteiger partial charge in [-0.3, -0.25) is 19.1 Å². The molecule has 2 aromatic heterocycles. The zero-order valence-corrected chi connectivity index (χ0v) is 26.4. The van der Waals surface area contributed by atoms with Crippen molar-refractivity contribution in [3.05, 3.63) is 93.9 Å². The number of nitrogens with zero attached hydrogens (tertiary/aromatic N) is 2. The summed E-state index contributed by atoms with van der Waals surface area (Å²) < 4.78 is 40.0. The molecule has 6 rings (SSSR count). The molecule has 0 aliphatic carbocycles. The number of anilines is 1. The molecule has 2 N–H and O–H groups in total. The van der Waals surface area contributed by atoms with Gasteiger partial charge in [-0.25, -0.2) is 13.2 Å². The Morgan fingerprint density at radius 1 is 1.11 bits per heavy atom. The molecule has 3 aromatic carbocycles. The van der Waals surface area contributed by atoms with Crippen molar-refractivity contribution in [1.29, 1.82) is 0 Å². The Bertz CT molecular complexity index is 2170. The van der Waals surface area contributed by atoms with Crippen LogP contribution in [0.3, 0.4) is 0 Å². The number of rotatable bonds is 7. The molecule has 0 radical (unpaired) electrons. The van der Waals surface area contributed by atoms with E-state index < -0.39 is 27.7 Å². The standard InChI is InChI=1S/C34H33N3O7S/c1-19-17-25-23(10-12-27(38)37(25)22-8-6-7-21(18-22)36-45(5,41)42)30(28(19)32(33(39)40)44-34(2,3)4)24-9-11-26-29-20(14-16-43-26)13-15-35-31(24)29/h6-13,15,17-18,32,36H,14,16H2,1-5H3,(H,39,40)/t32-/m0/s1. The number of ether oxygens (including phenoxy) is 2. The van der Waals surface area contributed by atoms with E-state index in [1.54, 1.807) is 70.3 Å². The summed E-state index contributed by atoms with van der Waals surface area (Å²) in [5.74, 6) is -0.449. The number of carboxylic acid groups (broad SMARTS) is 1. The van der Waals surface area contributed by atoms with Gasteiger partial charge in [0.05, 0.1) is 40.9 Å². The molecule has 1 aliphatic heterocycles. The number of aliphatic carboxylic acids is 1. The summed E-state index contributed by atoms with van der Waals surface area (Å²) in [5.41, 5.74) is 4.11. The maximum absolute atomic E-state index is 13.5. The van der Waals surface area contributed by atoms with E-state index >= 15 is 0 Å². The molecule has 0 saturated carbocycles. The Morgan fingerprint density at radius 3 is 2.60 bits per heavy atom. The van der Waals surface area contributed by atoms with Gasteiger partial charge in [0, 0.05) is 40.6 Å². The summed E-state index contributed by atoms with van der Waals surface area (Å²) in [4.78, 5) is 31.2. The van der Waals surface area contributed by atoms with Crippen molar-refractivity contribution < 1.29 is 27.8 Å². The highest BCUT2D eigenvalue weighted by Crippen LogP contribution is 2.45. The lowest BCUT2D eigenvalue weighted by Gasteiger charge is -2.29. The molecule has 10 nitrogen and oxygen atoms in total. The Hall–Kier alpha value is -4.74. The van der Waals surface area contributed by atoms with Gasteiger partial charge in [0.1, 0.15) is 5.75 Å². The lowest BCUT2D eigenvalue weighted by atomic mass is 9.86. The summed E-state index contributed by atoms with van der Waals surface area (Å²) in [7, 11) is -3.57. The van der Waals surface area contributed by atoms with Crippen molar-refractivity contribution in [2.24, 2.45) is 0 Å². The van der Waals surface area contributed by atoms with Crippen LogP contribution in [-0.2, 0) is 26.0 Å². The fourth-order valence-electron chi connectivity index (χ4n) is 6.04. The largest absolute Gasteiger partial charge is 0.493 e. The van der Waals surface area contributed by atoms with Gasteiger partial charge in [-0.15, -0.1) is 0 Å². The maximum atomic E-state index is 13.5. The van der Waals surface area contributed by atoms with Crippen LogP contribution < -0.4 is 15.0 Å². The predicted molar refractivity (Wildman–Crippen MR) is 174 cm³/mol. The molecule has 0 unspecified atom stereocenters. The third-order valence-corrected chi connectivity index (χ3v) is 8.26. The van der Waals surface area contributed by atoms with E-state index in [-0.39, 0.29) is 5.56 Å². The first kappa shape index (κ1) is 30.3. The van der Waals surface area contributed by atoms with E-state index in [4.69, 9.17) is 14.5 Å². The number of benzene rings is 3. The Balaban J connectivity index is 1.74. The SMILES string of the molecule is Cc1cc2c(ccc(=O)n2-c2cccc(NS(C)(=O)=O)c2)c(-c2ccc3c4c(ccnc24)CCO3)c1[C@H](OC(C)(C)C)C(=O)O. The van der Waals surface area contributed by atoms with Gasteiger partial charge in [-0.1, -0.05) is 6.07 Å². The predicted octanol–water partition coefficient (Wildman–Crippen LogP) is 5.76. The number of aromatic nitrogens is 2. The van der Waals surface area contributed by atoms with Crippen LogP contribution in [0.4, 0.5) is 5.69 Å². The van der Waals surface area contributed by atoms with Gasteiger partial charge in [0.25, 0.3) is 5.56 Å². The van der Waals surface area contributed by atoms with Crippen molar-refractivity contribution in [1.82, 2.24) is 9.55 Å². The summed E-state index contributed by atoms with van der Waals surface area (Å²) in [6.07, 6.45) is 2.16. The van der Waals surface area contributed by atoms with Crippen molar-refractivity contribution >= 4 is 43.5 Å². The van der Waals surface area contributed by atoms with E-state index in [1.807, 2.05) is 18.2 Å². The van der Waals surface area contributed by atoms with Gasteiger partial charge >= 0.3 is 5.97 Å². The summed E-state index contributed by atoms with van der Waals surface area (Å²) >= 11 is 0. The molecule has 1 atom stereocenters. The monoisotopic (exact) mass is 627 g/mol. The van der Waals surface area contributed by atoms with Gasteiger partial charge in [0.2, 0.25) is 10.0 Å². The number of aryl methyl sites for hydroxylation is 1. The van der Waals surface area contributed by atoms with Crippen LogP contribution in [0.15, 0.2) is 71.7 Å². The quantitative estimate of drug-likeness (QED) is 0.232. The van der Waals surface area contributed by atoms with E-state index in [0.29, 0.717) is 68.8 Å². The minimum absolute atomic E-state index is 0.296. The van der Waals surface area contributed by atoms with E-state index in [2.05, 4.69) is 4.72 Å². The number of hydrogen-bond donors (Lipinski definition) is 2. The third kappa shape index (κ3) is 5.76. The van der Waals surface area contributed by atoms with Crippen LogP contribution in [0.1, 0.15) is 43.6 Å². The molecule has 0 amide bonds. The number of carbonyl (C=O) groups is 1. The number of pyridine rings is 2. The molecular formula is C34H33N3O7S. The van der Waals surface area contributed by atoms with Crippen LogP contribution in [0.25, 0.3) is 38.6 Å². The van der Waals surface area contributed by atoms with E-state index in [0.717, 1.165) is 17.2 Å². The first-order valence-electron chi connectivity index (χ1n) is 14.4. The minimum atomic E-state index is -3.57. The third-order valence-electron chi connectivity index (χ3n) is 7.65. The number of nitrogens with one attached hydrogen (secondary N) is 1. The highest BCUT2D eigenvalue weighted by Gasteiger charge is 2.33. The first-order chi connectivity index (χ1) is 21.2. The smallest absolute Gasteiger partial charge is 0.337 e.